The van der Waals surface area contributed by atoms with E-state index >= 15 is 0 Å². The second-order valence-electron chi connectivity index (χ2n) is 4.51. The van der Waals surface area contributed by atoms with E-state index in [4.69, 9.17) is 15.5 Å². The Bertz CT molecular complexity index is 962. The van der Waals surface area contributed by atoms with Crippen molar-refractivity contribution in [1.82, 2.24) is 4.98 Å². The highest BCUT2D eigenvalue weighted by Gasteiger charge is 2.15. The van der Waals surface area contributed by atoms with Crippen molar-refractivity contribution in [2.75, 3.05) is 0 Å². The third-order valence-electron chi connectivity index (χ3n) is 2.88. The first-order valence-electron chi connectivity index (χ1n) is 6.63. The van der Waals surface area contributed by atoms with Gasteiger partial charge in [-0.3, -0.25) is 0 Å². The van der Waals surface area contributed by atoms with Crippen molar-refractivity contribution >= 4 is 21.4 Å². The van der Waals surface area contributed by atoms with Crippen LogP contribution in [0.3, 0.4) is 0 Å². The Morgan fingerprint density at radius 1 is 1.12 bits per heavy atom. The van der Waals surface area contributed by atoms with Gasteiger partial charge in [0.2, 0.25) is 10.0 Å². The Morgan fingerprint density at radius 3 is 2.33 bits per heavy atom. The summed E-state index contributed by atoms with van der Waals surface area (Å²) >= 11 is 1.38. The van der Waals surface area contributed by atoms with Crippen molar-refractivity contribution in [1.29, 1.82) is 5.26 Å². The maximum Gasteiger partial charge on any atom is 0.238 e. The molecule has 0 atom stereocenters. The van der Waals surface area contributed by atoms with Gasteiger partial charge in [-0.1, -0.05) is 30.3 Å². The fourth-order valence-electron chi connectivity index (χ4n) is 1.82. The molecule has 0 saturated heterocycles. The second-order valence-corrected chi connectivity index (χ2v) is 6.93. The zero-order chi connectivity index (χ0) is 17.6. The molecule has 0 saturated carbocycles. The van der Waals surface area contributed by atoms with Crippen molar-refractivity contribution < 1.29 is 13.5 Å². The molecular weight excluding hydrogens is 346 g/mol. The van der Waals surface area contributed by atoms with Crippen LogP contribution in [0.15, 0.2) is 65.0 Å². The smallest absolute Gasteiger partial charge is 0.238 e. The number of aromatic nitrogens is 1. The Kier molecular flexibility index (Phi) is 5.65. The number of hydrogen-bond acceptors (Lipinski definition) is 6. The van der Waals surface area contributed by atoms with E-state index < -0.39 is 10.0 Å². The molecule has 0 bridgehead atoms. The molecule has 0 spiro atoms. The molecule has 0 aliphatic rings. The SMILES string of the molecule is N#Cc1ccccc1O.NS(=O)(=O)c1ccccc1-c1nccs1. The van der Waals surface area contributed by atoms with E-state index in [1.54, 1.807) is 48.0 Å². The van der Waals surface area contributed by atoms with Gasteiger partial charge in [-0.15, -0.1) is 11.3 Å². The largest absolute Gasteiger partial charge is 0.507 e. The molecule has 1 aromatic heterocycles. The van der Waals surface area contributed by atoms with Crippen molar-refractivity contribution in [2.24, 2.45) is 5.14 Å². The predicted molar refractivity (Wildman–Crippen MR) is 91.7 cm³/mol. The first-order valence-corrected chi connectivity index (χ1v) is 9.06. The Morgan fingerprint density at radius 2 is 1.79 bits per heavy atom. The standard InChI is InChI=1S/C9H8N2O2S2.C7H5NO/c10-15(12,13)8-4-2-1-3-7(8)9-11-5-6-14-9;8-5-6-3-1-2-4-7(6)9/h1-6H,(H2,10,12,13);1-4,9H. The molecule has 8 heteroatoms. The highest BCUT2D eigenvalue weighted by atomic mass is 32.2. The molecule has 1 heterocycles. The number of para-hydroxylation sites is 1. The number of nitrogens with two attached hydrogens (primary N) is 1. The van der Waals surface area contributed by atoms with E-state index in [1.807, 2.05) is 6.07 Å². The number of phenols is 1. The van der Waals surface area contributed by atoms with Crippen LogP contribution in [0, 0.1) is 11.3 Å². The highest BCUT2D eigenvalue weighted by molar-refractivity contribution is 7.89. The van der Waals surface area contributed by atoms with Crippen molar-refractivity contribution in [3.8, 4) is 22.4 Å². The van der Waals surface area contributed by atoms with Crippen molar-refractivity contribution in [2.45, 2.75) is 4.90 Å². The number of phenolic OH excluding ortho intramolecular Hbond substituents is 1. The van der Waals surface area contributed by atoms with E-state index in [-0.39, 0.29) is 10.6 Å². The fourth-order valence-corrected chi connectivity index (χ4v) is 3.30. The fraction of sp³-hybridized carbons (Fsp3) is 0. The number of thiazole rings is 1. The van der Waals surface area contributed by atoms with Crippen LogP contribution in [0.4, 0.5) is 0 Å². The van der Waals surface area contributed by atoms with Crippen LogP contribution < -0.4 is 5.14 Å². The van der Waals surface area contributed by atoms with E-state index in [2.05, 4.69) is 4.98 Å². The highest BCUT2D eigenvalue weighted by Crippen LogP contribution is 2.27. The third-order valence-corrected chi connectivity index (χ3v) is 4.66. The molecule has 0 radical (unpaired) electrons. The van der Waals surface area contributed by atoms with Gasteiger partial charge in [0.05, 0.1) is 10.5 Å². The van der Waals surface area contributed by atoms with E-state index in [0.29, 0.717) is 16.1 Å². The normalized spacial score (nSPS) is 10.3. The molecule has 2 aromatic carbocycles. The maximum absolute atomic E-state index is 11.3. The first kappa shape index (κ1) is 17.6. The molecule has 0 unspecified atom stereocenters. The Balaban J connectivity index is 0.000000198. The van der Waals surface area contributed by atoms with E-state index in [0.717, 1.165) is 0 Å². The van der Waals surface area contributed by atoms with Crippen LogP contribution >= 0.6 is 11.3 Å². The molecule has 0 aliphatic carbocycles. The number of rotatable bonds is 2. The molecular formula is C16H13N3O3S2. The monoisotopic (exact) mass is 359 g/mol. The first-order chi connectivity index (χ1) is 11.4. The minimum absolute atomic E-state index is 0.0417. The van der Waals surface area contributed by atoms with Gasteiger partial charge in [0.15, 0.2) is 0 Å². The number of benzene rings is 2. The molecule has 3 aromatic rings. The lowest BCUT2D eigenvalue weighted by Crippen LogP contribution is -2.13. The average Bonchev–Trinajstić information content (AvgIpc) is 3.09. The molecule has 6 nitrogen and oxygen atoms in total. The van der Waals surface area contributed by atoms with E-state index in [9.17, 15) is 8.42 Å². The lowest BCUT2D eigenvalue weighted by Gasteiger charge is -2.03. The van der Waals surface area contributed by atoms with Crippen LogP contribution in [-0.4, -0.2) is 18.5 Å². The molecule has 3 rings (SSSR count). The quantitative estimate of drug-likeness (QED) is 0.729. The summed E-state index contributed by atoms with van der Waals surface area (Å²) in [7, 11) is -3.69. The van der Waals surface area contributed by atoms with E-state index in [1.165, 1.54) is 23.5 Å². The van der Waals surface area contributed by atoms with Gasteiger partial charge in [-0.2, -0.15) is 5.26 Å². The summed E-state index contributed by atoms with van der Waals surface area (Å²) in [4.78, 5) is 4.17. The summed E-state index contributed by atoms with van der Waals surface area (Å²) in [5.41, 5.74) is 0.868. The summed E-state index contributed by atoms with van der Waals surface area (Å²) in [5, 5.41) is 24.7. The van der Waals surface area contributed by atoms with Gasteiger partial charge in [0, 0.05) is 17.1 Å². The molecule has 0 amide bonds. The van der Waals surface area contributed by atoms with Gasteiger partial charge >= 0.3 is 0 Å². The van der Waals surface area contributed by atoms with Crippen LogP contribution in [-0.2, 0) is 10.0 Å². The second kappa shape index (κ2) is 7.70. The van der Waals surface area contributed by atoms with Crippen LogP contribution in [0.25, 0.3) is 10.6 Å². The molecule has 0 aliphatic heterocycles. The lowest BCUT2D eigenvalue weighted by molar-refractivity contribution is 0.473. The molecule has 3 N–H and O–H groups in total. The van der Waals surface area contributed by atoms with Crippen LogP contribution in [0.1, 0.15) is 5.56 Å². The minimum atomic E-state index is -3.69. The molecule has 0 fully saturated rings. The Hall–Kier alpha value is -2.73. The number of sulfonamides is 1. The average molecular weight is 359 g/mol. The molecule has 122 valence electrons. The maximum atomic E-state index is 11.3. The number of hydrogen-bond donors (Lipinski definition) is 2. The number of nitrogens with zero attached hydrogens (tertiary/aromatic N) is 2. The third kappa shape index (κ3) is 4.39. The van der Waals surface area contributed by atoms with Crippen molar-refractivity contribution in [3.05, 3.63) is 65.7 Å². The van der Waals surface area contributed by atoms with Gasteiger partial charge in [0.25, 0.3) is 0 Å². The topological polar surface area (TPSA) is 117 Å². The number of aromatic hydroxyl groups is 1. The Labute approximate surface area is 143 Å². The molecule has 24 heavy (non-hydrogen) atoms. The predicted octanol–water partition coefficient (Wildman–Crippen LogP) is 2.72. The minimum Gasteiger partial charge on any atom is -0.507 e. The van der Waals surface area contributed by atoms with Gasteiger partial charge in [-0.25, -0.2) is 18.5 Å². The lowest BCUT2D eigenvalue weighted by atomic mass is 10.2. The van der Waals surface area contributed by atoms with Crippen LogP contribution in [0.2, 0.25) is 0 Å². The summed E-state index contributed by atoms with van der Waals surface area (Å²) in [6.45, 7) is 0. The van der Waals surface area contributed by atoms with Crippen molar-refractivity contribution in [3.63, 3.8) is 0 Å². The summed E-state index contributed by atoms with van der Waals surface area (Å²) in [6.07, 6.45) is 1.62. The van der Waals surface area contributed by atoms with Gasteiger partial charge in [0.1, 0.15) is 16.8 Å². The number of nitriles is 1. The van der Waals surface area contributed by atoms with Gasteiger partial charge < -0.3 is 5.11 Å². The number of primary sulfonamides is 1. The zero-order valence-electron chi connectivity index (χ0n) is 12.3. The zero-order valence-corrected chi connectivity index (χ0v) is 14.0. The summed E-state index contributed by atoms with van der Waals surface area (Å²) in [5.74, 6) is 0.0417. The van der Waals surface area contributed by atoms with Crippen LogP contribution in [0.5, 0.6) is 5.75 Å². The summed E-state index contributed by atoms with van der Waals surface area (Å²) < 4.78 is 22.6. The summed E-state index contributed by atoms with van der Waals surface area (Å²) in [6, 6.07) is 14.8. The van der Waals surface area contributed by atoms with Gasteiger partial charge in [-0.05, 0) is 18.2 Å².